The van der Waals surface area contributed by atoms with Gasteiger partial charge in [0.25, 0.3) is 0 Å². The zero-order chi connectivity index (χ0) is 15.2. The molecule has 3 heteroatoms. The van der Waals surface area contributed by atoms with Gasteiger partial charge < -0.3 is 15.5 Å². The largest absolute Gasteiger partial charge is 0.507 e. The van der Waals surface area contributed by atoms with Gasteiger partial charge in [-0.1, -0.05) is 48.5 Å². The zero-order valence-electron chi connectivity index (χ0n) is 12.6. The molecule has 2 atom stereocenters. The summed E-state index contributed by atoms with van der Waals surface area (Å²) in [6.45, 7) is 4.52. The van der Waals surface area contributed by atoms with Gasteiger partial charge in [-0.3, -0.25) is 0 Å². The van der Waals surface area contributed by atoms with E-state index in [4.69, 9.17) is 0 Å². The Morgan fingerprint density at radius 2 is 1.76 bits per heavy atom. The van der Waals surface area contributed by atoms with Crippen molar-refractivity contribution in [1.29, 1.82) is 0 Å². The summed E-state index contributed by atoms with van der Waals surface area (Å²) in [5.41, 5.74) is 2.70. The number of para-hydroxylation sites is 1. The highest BCUT2D eigenvalue weighted by Crippen LogP contribution is 2.22. The highest BCUT2D eigenvalue weighted by Gasteiger charge is 2.12. The molecule has 2 aromatic carbocycles. The Morgan fingerprint density at radius 3 is 2.48 bits per heavy atom. The Bertz CT molecular complexity index is 569. The van der Waals surface area contributed by atoms with E-state index in [1.807, 2.05) is 62.4 Å². The van der Waals surface area contributed by atoms with Crippen LogP contribution in [0.15, 0.2) is 48.5 Å². The summed E-state index contributed by atoms with van der Waals surface area (Å²) in [6, 6.07) is 15.6. The molecule has 0 aliphatic heterocycles. The molecule has 0 aromatic heterocycles. The van der Waals surface area contributed by atoms with Crippen molar-refractivity contribution < 1.29 is 10.2 Å². The first-order valence-corrected chi connectivity index (χ1v) is 7.31. The van der Waals surface area contributed by atoms with Crippen LogP contribution in [-0.2, 0) is 6.54 Å². The molecule has 0 radical (unpaired) electrons. The minimum absolute atomic E-state index is 0.153. The van der Waals surface area contributed by atoms with Gasteiger partial charge in [0, 0.05) is 18.2 Å². The van der Waals surface area contributed by atoms with Crippen LogP contribution >= 0.6 is 0 Å². The van der Waals surface area contributed by atoms with Gasteiger partial charge in [-0.2, -0.15) is 0 Å². The topological polar surface area (TPSA) is 52.5 Å². The fourth-order valence-electron chi connectivity index (χ4n) is 2.38. The Morgan fingerprint density at radius 1 is 1.05 bits per heavy atom. The van der Waals surface area contributed by atoms with Crippen molar-refractivity contribution >= 4 is 0 Å². The number of nitrogens with one attached hydrogen (secondary N) is 1. The molecule has 2 rings (SSSR count). The van der Waals surface area contributed by atoms with Gasteiger partial charge in [-0.15, -0.1) is 0 Å². The molecule has 3 N–H and O–H groups in total. The summed E-state index contributed by atoms with van der Waals surface area (Å²) in [5.74, 6) is 0.348. The van der Waals surface area contributed by atoms with Crippen LogP contribution in [0.25, 0.3) is 0 Å². The number of aliphatic hydroxyl groups excluding tert-OH is 1. The molecular weight excluding hydrogens is 262 g/mol. The molecule has 0 heterocycles. The molecule has 3 nitrogen and oxygen atoms in total. The van der Waals surface area contributed by atoms with E-state index in [0.717, 1.165) is 16.7 Å². The smallest absolute Gasteiger partial charge is 0.122 e. The van der Waals surface area contributed by atoms with Crippen LogP contribution in [0, 0.1) is 6.92 Å². The highest BCUT2D eigenvalue weighted by molar-refractivity contribution is 5.39. The van der Waals surface area contributed by atoms with E-state index >= 15 is 0 Å². The van der Waals surface area contributed by atoms with Gasteiger partial charge in [0.05, 0.1) is 6.10 Å². The fourth-order valence-corrected chi connectivity index (χ4v) is 2.38. The van der Waals surface area contributed by atoms with Gasteiger partial charge in [-0.25, -0.2) is 0 Å². The summed E-state index contributed by atoms with van der Waals surface area (Å²) >= 11 is 0. The Hall–Kier alpha value is -1.84. The Balaban J connectivity index is 1.87. The molecular formula is C18H23NO2. The second kappa shape index (κ2) is 7.25. The summed E-state index contributed by atoms with van der Waals surface area (Å²) in [7, 11) is 0. The van der Waals surface area contributed by atoms with E-state index in [0.29, 0.717) is 18.7 Å². The number of phenols is 1. The van der Waals surface area contributed by atoms with E-state index in [1.54, 1.807) is 0 Å². The van der Waals surface area contributed by atoms with Crippen LogP contribution in [-0.4, -0.2) is 16.3 Å². The monoisotopic (exact) mass is 285 g/mol. The SMILES string of the molecule is Cc1cccc(CNC(C)CC(O)c2ccccc2)c1O. The normalized spacial score (nSPS) is 13.9. The summed E-state index contributed by atoms with van der Waals surface area (Å²) in [5, 5.41) is 23.5. The molecule has 2 aromatic rings. The maximum Gasteiger partial charge on any atom is 0.122 e. The third-order valence-corrected chi connectivity index (χ3v) is 3.72. The zero-order valence-corrected chi connectivity index (χ0v) is 12.6. The van der Waals surface area contributed by atoms with E-state index < -0.39 is 6.10 Å². The summed E-state index contributed by atoms with van der Waals surface area (Å²) in [4.78, 5) is 0. The maximum atomic E-state index is 10.2. The van der Waals surface area contributed by atoms with Crippen molar-refractivity contribution in [2.75, 3.05) is 0 Å². The molecule has 0 amide bonds. The molecule has 0 saturated heterocycles. The van der Waals surface area contributed by atoms with Crippen LogP contribution in [0.2, 0.25) is 0 Å². The lowest BCUT2D eigenvalue weighted by Crippen LogP contribution is -2.27. The van der Waals surface area contributed by atoms with Crippen LogP contribution < -0.4 is 5.32 Å². The third kappa shape index (κ3) is 4.31. The van der Waals surface area contributed by atoms with E-state index in [1.165, 1.54) is 0 Å². The van der Waals surface area contributed by atoms with Crippen molar-refractivity contribution in [1.82, 2.24) is 5.32 Å². The number of aromatic hydroxyl groups is 1. The number of phenolic OH excluding ortho intramolecular Hbond substituents is 1. The number of aliphatic hydroxyl groups is 1. The fraction of sp³-hybridized carbons (Fsp3) is 0.333. The number of rotatable bonds is 6. The minimum atomic E-state index is -0.472. The first-order valence-electron chi connectivity index (χ1n) is 7.31. The van der Waals surface area contributed by atoms with Crippen LogP contribution in [0.1, 0.15) is 36.1 Å². The van der Waals surface area contributed by atoms with E-state index in [-0.39, 0.29) is 6.04 Å². The number of hydrogen-bond acceptors (Lipinski definition) is 3. The number of aryl methyl sites for hydroxylation is 1. The van der Waals surface area contributed by atoms with Crippen molar-refractivity contribution in [2.24, 2.45) is 0 Å². The van der Waals surface area contributed by atoms with Crippen LogP contribution in [0.4, 0.5) is 0 Å². The Kier molecular flexibility index (Phi) is 5.37. The van der Waals surface area contributed by atoms with E-state index in [9.17, 15) is 10.2 Å². The van der Waals surface area contributed by atoms with Gasteiger partial charge in [-0.05, 0) is 31.4 Å². The third-order valence-electron chi connectivity index (χ3n) is 3.72. The van der Waals surface area contributed by atoms with Crippen LogP contribution in [0.5, 0.6) is 5.75 Å². The van der Waals surface area contributed by atoms with Gasteiger partial charge in [0.15, 0.2) is 0 Å². The Labute approximate surface area is 126 Å². The second-order valence-corrected chi connectivity index (χ2v) is 5.53. The van der Waals surface area contributed by atoms with Crippen molar-refractivity contribution in [2.45, 2.75) is 39.0 Å². The summed E-state index contributed by atoms with van der Waals surface area (Å²) < 4.78 is 0. The quantitative estimate of drug-likeness (QED) is 0.763. The van der Waals surface area contributed by atoms with Gasteiger partial charge >= 0.3 is 0 Å². The number of hydrogen-bond donors (Lipinski definition) is 3. The van der Waals surface area contributed by atoms with Gasteiger partial charge in [0.2, 0.25) is 0 Å². The first-order chi connectivity index (χ1) is 10.1. The lowest BCUT2D eigenvalue weighted by atomic mass is 10.0. The standard InChI is InChI=1S/C18H23NO2/c1-13-7-6-10-16(18(13)21)12-19-14(2)11-17(20)15-8-4-3-5-9-15/h3-10,14,17,19-21H,11-12H2,1-2H3. The molecule has 21 heavy (non-hydrogen) atoms. The second-order valence-electron chi connectivity index (χ2n) is 5.53. The molecule has 0 spiro atoms. The van der Waals surface area contributed by atoms with Crippen LogP contribution in [0.3, 0.4) is 0 Å². The lowest BCUT2D eigenvalue weighted by molar-refractivity contribution is 0.154. The predicted octanol–water partition coefficient (Wildman–Crippen LogP) is 3.30. The molecule has 2 unspecified atom stereocenters. The average molecular weight is 285 g/mol. The minimum Gasteiger partial charge on any atom is -0.507 e. The molecule has 0 aliphatic carbocycles. The molecule has 0 saturated carbocycles. The highest BCUT2D eigenvalue weighted by atomic mass is 16.3. The van der Waals surface area contributed by atoms with Crippen molar-refractivity contribution in [3.63, 3.8) is 0 Å². The molecule has 0 bridgehead atoms. The van der Waals surface area contributed by atoms with E-state index in [2.05, 4.69) is 5.32 Å². The number of benzene rings is 2. The van der Waals surface area contributed by atoms with Crippen molar-refractivity contribution in [3.8, 4) is 5.75 Å². The van der Waals surface area contributed by atoms with Gasteiger partial charge in [0.1, 0.15) is 5.75 Å². The molecule has 0 fully saturated rings. The summed E-state index contributed by atoms with van der Waals surface area (Å²) in [6.07, 6.45) is 0.163. The predicted molar refractivity (Wildman–Crippen MR) is 85.2 cm³/mol. The first kappa shape index (κ1) is 15.5. The average Bonchev–Trinajstić information content (AvgIpc) is 2.49. The van der Waals surface area contributed by atoms with Crippen molar-refractivity contribution in [3.05, 3.63) is 65.2 Å². The molecule has 112 valence electrons. The lowest BCUT2D eigenvalue weighted by Gasteiger charge is -2.19. The maximum absolute atomic E-state index is 10.2. The molecule has 0 aliphatic rings.